The Labute approximate surface area is 117 Å². The van der Waals surface area contributed by atoms with Gasteiger partial charge in [-0.25, -0.2) is 9.59 Å². The van der Waals surface area contributed by atoms with Crippen molar-refractivity contribution in [2.75, 3.05) is 18.4 Å². The normalized spacial score (nSPS) is 15.5. The number of phenolic OH excluding ortho intramolecular Hbond substituents is 1. The number of carboxylic acids is 1. The third-order valence-electron chi connectivity index (χ3n) is 3.37. The number of benzene rings is 1. The maximum absolute atomic E-state index is 12.1. The summed E-state index contributed by atoms with van der Waals surface area (Å²) in [5.74, 6) is -1.33. The van der Waals surface area contributed by atoms with Crippen molar-refractivity contribution in [2.24, 2.45) is 0 Å². The number of aromatic hydroxyl groups is 1. The summed E-state index contributed by atoms with van der Waals surface area (Å²) in [6.45, 7) is 1.37. The van der Waals surface area contributed by atoms with Crippen molar-refractivity contribution in [1.29, 1.82) is 0 Å². The molecule has 1 saturated heterocycles. The average molecular weight is 278 g/mol. The number of carbonyl (C=O) groups excluding carboxylic acids is 1. The molecule has 6 heteroatoms. The maximum Gasteiger partial charge on any atom is 0.337 e. The van der Waals surface area contributed by atoms with Gasteiger partial charge >= 0.3 is 12.0 Å². The Morgan fingerprint density at radius 1 is 1.10 bits per heavy atom. The molecule has 0 atom stereocenters. The van der Waals surface area contributed by atoms with E-state index in [1.54, 1.807) is 4.90 Å². The van der Waals surface area contributed by atoms with Crippen LogP contribution in [0.3, 0.4) is 0 Å². The zero-order valence-corrected chi connectivity index (χ0v) is 11.1. The third kappa shape index (κ3) is 3.40. The first-order valence-corrected chi connectivity index (χ1v) is 6.70. The molecule has 0 bridgehead atoms. The van der Waals surface area contributed by atoms with E-state index in [0.717, 1.165) is 31.7 Å². The second kappa shape index (κ2) is 6.27. The number of nitrogens with one attached hydrogen (secondary N) is 1. The monoisotopic (exact) mass is 278 g/mol. The number of amides is 2. The van der Waals surface area contributed by atoms with Gasteiger partial charge in [0, 0.05) is 13.1 Å². The molecule has 0 spiro atoms. The van der Waals surface area contributed by atoms with Crippen molar-refractivity contribution >= 4 is 17.7 Å². The molecule has 2 amide bonds. The number of nitrogens with zero attached hydrogens (tertiary/aromatic N) is 1. The SMILES string of the molecule is O=C(O)c1cc(O)ccc1NC(=O)N1CCCCCC1. The number of hydrogen-bond acceptors (Lipinski definition) is 3. The van der Waals surface area contributed by atoms with E-state index >= 15 is 0 Å². The first-order chi connectivity index (χ1) is 9.58. The predicted molar refractivity (Wildman–Crippen MR) is 74.1 cm³/mol. The molecule has 3 N–H and O–H groups in total. The zero-order chi connectivity index (χ0) is 14.5. The number of rotatable bonds is 2. The Balaban J connectivity index is 2.12. The molecule has 0 aromatic heterocycles. The first kappa shape index (κ1) is 14.2. The summed E-state index contributed by atoms with van der Waals surface area (Å²) in [7, 11) is 0. The minimum Gasteiger partial charge on any atom is -0.508 e. The number of urea groups is 1. The van der Waals surface area contributed by atoms with E-state index in [2.05, 4.69) is 5.32 Å². The lowest BCUT2D eigenvalue weighted by molar-refractivity contribution is 0.0697. The molecule has 0 radical (unpaired) electrons. The fourth-order valence-corrected chi connectivity index (χ4v) is 2.29. The largest absolute Gasteiger partial charge is 0.508 e. The van der Waals surface area contributed by atoms with Crippen LogP contribution in [-0.4, -0.2) is 40.2 Å². The summed E-state index contributed by atoms with van der Waals surface area (Å²) in [6, 6.07) is 3.58. The number of hydrogen-bond donors (Lipinski definition) is 3. The van der Waals surface area contributed by atoms with Gasteiger partial charge in [-0.2, -0.15) is 0 Å². The molecule has 20 heavy (non-hydrogen) atoms. The van der Waals surface area contributed by atoms with Gasteiger partial charge in [0.05, 0.1) is 11.3 Å². The highest BCUT2D eigenvalue weighted by Crippen LogP contribution is 2.22. The van der Waals surface area contributed by atoms with Crippen molar-refractivity contribution in [1.82, 2.24) is 4.90 Å². The number of carbonyl (C=O) groups is 2. The minimum atomic E-state index is -1.19. The molecule has 1 aromatic rings. The van der Waals surface area contributed by atoms with Gasteiger partial charge in [-0.1, -0.05) is 12.8 Å². The molecule has 1 fully saturated rings. The fourth-order valence-electron chi connectivity index (χ4n) is 2.29. The smallest absolute Gasteiger partial charge is 0.337 e. The van der Waals surface area contributed by atoms with Crippen molar-refractivity contribution in [3.63, 3.8) is 0 Å². The fraction of sp³-hybridized carbons (Fsp3) is 0.429. The molecule has 0 unspecified atom stereocenters. The summed E-state index contributed by atoms with van der Waals surface area (Å²) in [6.07, 6.45) is 4.16. The lowest BCUT2D eigenvalue weighted by Gasteiger charge is -2.21. The van der Waals surface area contributed by atoms with Crippen LogP contribution in [0.25, 0.3) is 0 Å². The van der Waals surface area contributed by atoms with Gasteiger partial charge in [0.2, 0.25) is 0 Å². The average Bonchev–Trinajstić information content (AvgIpc) is 2.69. The highest BCUT2D eigenvalue weighted by Gasteiger charge is 2.18. The number of carboxylic acid groups (broad SMARTS) is 1. The van der Waals surface area contributed by atoms with Gasteiger partial charge in [-0.15, -0.1) is 0 Å². The van der Waals surface area contributed by atoms with Gasteiger partial charge in [0.1, 0.15) is 5.75 Å². The summed E-state index contributed by atoms with van der Waals surface area (Å²) in [4.78, 5) is 25.0. The Morgan fingerprint density at radius 3 is 2.35 bits per heavy atom. The van der Waals surface area contributed by atoms with Crippen molar-refractivity contribution in [3.8, 4) is 5.75 Å². The standard InChI is InChI=1S/C14H18N2O4/c17-10-5-6-12(11(9-10)13(18)19)15-14(20)16-7-3-1-2-4-8-16/h5-6,9,17H,1-4,7-8H2,(H,15,20)(H,18,19). The van der Waals surface area contributed by atoms with Crippen LogP contribution in [0, 0.1) is 0 Å². The highest BCUT2D eigenvalue weighted by atomic mass is 16.4. The van der Waals surface area contributed by atoms with E-state index in [4.69, 9.17) is 5.11 Å². The Morgan fingerprint density at radius 2 is 1.75 bits per heavy atom. The Kier molecular flexibility index (Phi) is 4.45. The second-order valence-electron chi connectivity index (χ2n) is 4.87. The molecule has 1 aromatic carbocycles. The molecule has 6 nitrogen and oxygen atoms in total. The molecule has 0 aliphatic carbocycles. The van der Waals surface area contributed by atoms with Crippen LogP contribution < -0.4 is 5.32 Å². The predicted octanol–water partition coefficient (Wildman–Crippen LogP) is 2.50. The van der Waals surface area contributed by atoms with Crippen LogP contribution in [0.4, 0.5) is 10.5 Å². The van der Waals surface area contributed by atoms with E-state index < -0.39 is 5.97 Å². The molecule has 1 aliphatic heterocycles. The molecule has 0 saturated carbocycles. The lowest BCUT2D eigenvalue weighted by atomic mass is 10.1. The van der Waals surface area contributed by atoms with Gasteiger partial charge in [-0.05, 0) is 31.0 Å². The van der Waals surface area contributed by atoms with Gasteiger partial charge in [-0.3, -0.25) is 0 Å². The summed E-state index contributed by atoms with van der Waals surface area (Å²) in [5.41, 5.74) is 0.0812. The molecule has 2 rings (SSSR count). The number of aromatic carboxylic acids is 1. The summed E-state index contributed by atoms with van der Waals surface area (Å²) >= 11 is 0. The first-order valence-electron chi connectivity index (χ1n) is 6.70. The van der Waals surface area contributed by atoms with Gasteiger partial charge in [0.25, 0.3) is 0 Å². The molecule has 1 heterocycles. The number of likely N-dealkylation sites (tertiary alicyclic amines) is 1. The van der Waals surface area contributed by atoms with Crippen LogP contribution in [0.5, 0.6) is 5.75 Å². The van der Waals surface area contributed by atoms with Crippen LogP contribution in [0.2, 0.25) is 0 Å². The summed E-state index contributed by atoms with van der Waals surface area (Å²) in [5, 5.41) is 21.0. The van der Waals surface area contributed by atoms with Crippen molar-refractivity contribution < 1.29 is 19.8 Å². The quantitative estimate of drug-likeness (QED) is 0.725. The molecular formula is C14H18N2O4. The molecule has 108 valence electrons. The topological polar surface area (TPSA) is 89.9 Å². The van der Waals surface area contributed by atoms with E-state index in [1.165, 1.54) is 12.1 Å². The maximum atomic E-state index is 12.1. The number of phenols is 1. The molecule has 1 aliphatic rings. The van der Waals surface area contributed by atoms with Gasteiger partial charge < -0.3 is 20.4 Å². The van der Waals surface area contributed by atoms with Crippen LogP contribution >= 0.6 is 0 Å². The highest BCUT2D eigenvalue weighted by molar-refractivity contribution is 6.00. The van der Waals surface area contributed by atoms with Gasteiger partial charge in [0.15, 0.2) is 0 Å². The molecular weight excluding hydrogens is 260 g/mol. The van der Waals surface area contributed by atoms with Crippen LogP contribution in [0.15, 0.2) is 18.2 Å². The lowest BCUT2D eigenvalue weighted by Crippen LogP contribution is -2.35. The van der Waals surface area contributed by atoms with E-state index in [0.29, 0.717) is 13.1 Å². The van der Waals surface area contributed by atoms with Crippen LogP contribution in [-0.2, 0) is 0 Å². The van der Waals surface area contributed by atoms with E-state index in [9.17, 15) is 14.7 Å². The van der Waals surface area contributed by atoms with Crippen molar-refractivity contribution in [3.05, 3.63) is 23.8 Å². The Bertz CT molecular complexity index is 508. The van der Waals surface area contributed by atoms with E-state index in [-0.39, 0.29) is 23.0 Å². The number of anilines is 1. The second-order valence-corrected chi connectivity index (χ2v) is 4.87. The summed E-state index contributed by atoms with van der Waals surface area (Å²) < 4.78 is 0. The third-order valence-corrected chi connectivity index (χ3v) is 3.37. The Hall–Kier alpha value is -2.24. The van der Waals surface area contributed by atoms with Crippen molar-refractivity contribution in [2.45, 2.75) is 25.7 Å². The zero-order valence-electron chi connectivity index (χ0n) is 11.1. The van der Waals surface area contributed by atoms with Crippen LogP contribution in [0.1, 0.15) is 36.0 Å². The van der Waals surface area contributed by atoms with E-state index in [1.807, 2.05) is 0 Å². The minimum absolute atomic E-state index is 0.117.